The normalized spacial score (nSPS) is 19.2. The van der Waals surface area contributed by atoms with Gasteiger partial charge >= 0.3 is 5.69 Å². The maximum atomic E-state index is 11.4. The first-order valence-corrected chi connectivity index (χ1v) is 7.07. The molecule has 0 radical (unpaired) electrons. The van der Waals surface area contributed by atoms with Crippen molar-refractivity contribution in [2.75, 3.05) is 14.2 Å². The fourth-order valence-electron chi connectivity index (χ4n) is 1.85. The summed E-state index contributed by atoms with van der Waals surface area (Å²) >= 11 is 0. The van der Waals surface area contributed by atoms with E-state index < -0.39 is 5.69 Å². The first kappa shape index (κ1) is 21.9. The minimum Gasteiger partial charge on any atom is -0.400 e. The van der Waals surface area contributed by atoms with Gasteiger partial charge in [-0.1, -0.05) is 20.8 Å². The summed E-state index contributed by atoms with van der Waals surface area (Å²) in [4.78, 5) is 24.5. The average molecular weight is 304 g/mol. The number of nitrogens with one attached hydrogen (secondary N) is 1. The Kier molecular flexibility index (Phi) is 14.1. The van der Waals surface area contributed by atoms with Crippen LogP contribution < -0.4 is 11.2 Å². The van der Waals surface area contributed by atoms with Gasteiger partial charge < -0.3 is 14.9 Å². The van der Waals surface area contributed by atoms with Crippen molar-refractivity contribution in [1.29, 1.82) is 0 Å². The molecule has 2 rings (SSSR count). The van der Waals surface area contributed by atoms with Crippen LogP contribution in [0.5, 0.6) is 0 Å². The van der Waals surface area contributed by atoms with Crippen molar-refractivity contribution >= 4 is 0 Å². The summed E-state index contributed by atoms with van der Waals surface area (Å²) in [6.07, 6.45) is 4.24. The van der Waals surface area contributed by atoms with Crippen molar-refractivity contribution in [3.8, 4) is 0 Å². The maximum Gasteiger partial charge on any atom is 0.330 e. The van der Waals surface area contributed by atoms with Crippen molar-refractivity contribution in [3.63, 3.8) is 0 Å². The van der Waals surface area contributed by atoms with E-state index in [1.807, 2.05) is 13.8 Å². The molecule has 1 saturated heterocycles. The zero-order chi connectivity index (χ0) is 16.8. The standard InChI is InChI=1S/C10H14N2O3.C2H6.2CH4O/c1-2-7-3-4-9(15-7)12-6-5-8(13)11-10(12)14;3*1-2/h5-7,9H,2-4H2,1H3,(H,11,13,14);1-2H3;2*2H,1H3. The topological polar surface area (TPSA) is 105 Å². The highest BCUT2D eigenvalue weighted by Gasteiger charge is 2.25. The number of rotatable bonds is 2. The summed E-state index contributed by atoms with van der Waals surface area (Å²) in [6, 6.07) is 1.34. The Morgan fingerprint density at radius 3 is 2.24 bits per heavy atom. The average Bonchev–Trinajstić information content (AvgIpc) is 3.02. The van der Waals surface area contributed by atoms with Crippen LogP contribution in [-0.4, -0.2) is 40.1 Å². The maximum absolute atomic E-state index is 11.4. The lowest BCUT2D eigenvalue weighted by Gasteiger charge is -2.14. The van der Waals surface area contributed by atoms with Crippen LogP contribution in [-0.2, 0) is 4.74 Å². The molecule has 1 aliphatic rings. The minimum atomic E-state index is -0.399. The lowest BCUT2D eigenvalue weighted by atomic mass is 10.2. The molecular weight excluding hydrogens is 276 g/mol. The minimum absolute atomic E-state index is 0.223. The Morgan fingerprint density at radius 1 is 1.24 bits per heavy atom. The van der Waals surface area contributed by atoms with Crippen molar-refractivity contribution in [3.05, 3.63) is 33.1 Å². The molecule has 7 nitrogen and oxygen atoms in total. The van der Waals surface area contributed by atoms with Gasteiger partial charge in [0.2, 0.25) is 0 Å². The van der Waals surface area contributed by atoms with Crippen LogP contribution in [0.2, 0.25) is 0 Å². The van der Waals surface area contributed by atoms with E-state index in [2.05, 4.69) is 11.9 Å². The van der Waals surface area contributed by atoms with Gasteiger partial charge in [-0.2, -0.15) is 0 Å². The van der Waals surface area contributed by atoms with Gasteiger partial charge in [-0.15, -0.1) is 0 Å². The van der Waals surface area contributed by atoms with Crippen molar-refractivity contribution in [2.45, 2.75) is 52.4 Å². The monoisotopic (exact) mass is 304 g/mol. The summed E-state index contributed by atoms with van der Waals surface area (Å²) in [5.74, 6) is 0. The summed E-state index contributed by atoms with van der Waals surface area (Å²) in [6.45, 7) is 6.06. The molecule has 1 aromatic rings. The van der Waals surface area contributed by atoms with Gasteiger partial charge in [0.05, 0.1) is 6.10 Å². The third-order valence-electron chi connectivity index (χ3n) is 2.70. The molecule has 3 N–H and O–H groups in total. The first-order valence-electron chi connectivity index (χ1n) is 7.07. The number of aliphatic hydroxyl groups is 2. The second-order valence-corrected chi connectivity index (χ2v) is 3.72. The van der Waals surface area contributed by atoms with Gasteiger partial charge in [-0.25, -0.2) is 4.79 Å². The van der Waals surface area contributed by atoms with Gasteiger partial charge in [0.1, 0.15) is 6.23 Å². The van der Waals surface area contributed by atoms with E-state index in [0.29, 0.717) is 0 Å². The lowest BCUT2D eigenvalue weighted by molar-refractivity contribution is -0.00200. The number of aromatic nitrogens is 2. The SMILES string of the molecule is CC.CCC1CCC(n2ccc(=O)[nH]c2=O)O1.CO.CO. The number of hydrogen-bond acceptors (Lipinski definition) is 5. The van der Waals surface area contributed by atoms with Crippen LogP contribution in [0.3, 0.4) is 0 Å². The molecular formula is C14H28N2O5. The number of ether oxygens (including phenoxy) is 1. The lowest BCUT2D eigenvalue weighted by Crippen LogP contribution is -2.31. The van der Waals surface area contributed by atoms with Gasteiger partial charge in [-0.3, -0.25) is 14.3 Å². The smallest absolute Gasteiger partial charge is 0.330 e. The third-order valence-corrected chi connectivity index (χ3v) is 2.70. The van der Waals surface area contributed by atoms with E-state index in [-0.39, 0.29) is 17.9 Å². The second kappa shape index (κ2) is 13.5. The van der Waals surface area contributed by atoms with Crippen LogP contribution >= 0.6 is 0 Å². The summed E-state index contributed by atoms with van der Waals surface area (Å²) < 4.78 is 7.10. The van der Waals surface area contributed by atoms with E-state index in [1.165, 1.54) is 16.8 Å². The number of H-pyrrole nitrogens is 1. The van der Waals surface area contributed by atoms with Crippen LogP contribution in [0.1, 0.15) is 46.3 Å². The van der Waals surface area contributed by atoms with E-state index in [4.69, 9.17) is 14.9 Å². The van der Waals surface area contributed by atoms with Crippen LogP contribution in [0.25, 0.3) is 0 Å². The molecule has 1 aliphatic heterocycles. The summed E-state index contributed by atoms with van der Waals surface area (Å²) in [7, 11) is 2.00. The van der Waals surface area contributed by atoms with Gasteiger partial charge in [0, 0.05) is 26.5 Å². The van der Waals surface area contributed by atoms with Crippen molar-refractivity contribution in [2.24, 2.45) is 0 Å². The third kappa shape index (κ3) is 7.22. The van der Waals surface area contributed by atoms with Crippen LogP contribution in [0, 0.1) is 0 Å². The van der Waals surface area contributed by atoms with Crippen LogP contribution in [0.15, 0.2) is 21.9 Å². The van der Waals surface area contributed by atoms with Gasteiger partial charge in [0.15, 0.2) is 0 Å². The molecule has 0 aromatic carbocycles. The Balaban J connectivity index is 0. The molecule has 2 heterocycles. The molecule has 2 atom stereocenters. The molecule has 1 fully saturated rings. The number of hydrogen-bond donors (Lipinski definition) is 3. The fraction of sp³-hybridized carbons (Fsp3) is 0.714. The molecule has 0 amide bonds. The zero-order valence-corrected chi connectivity index (χ0v) is 13.5. The van der Waals surface area contributed by atoms with Crippen LogP contribution in [0.4, 0.5) is 0 Å². The second-order valence-electron chi connectivity index (χ2n) is 3.72. The van der Waals surface area contributed by atoms with Crippen molar-refractivity contribution < 1.29 is 14.9 Å². The van der Waals surface area contributed by atoms with Gasteiger partial charge in [0.25, 0.3) is 5.56 Å². The van der Waals surface area contributed by atoms with E-state index >= 15 is 0 Å². The van der Waals surface area contributed by atoms with E-state index in [9.17, 15) is 9.59 Å². The number of nitrogens with zero attached hydrogens (tertiary/aromatic N) is 1. The molecule has 21 heavy (non-hydrogen) atoms. The van der Waals surface area contributed by atoms with Crippen molar-refractivity contribution in [1.82, 2.24) is 9.55 Å². The molecule has 1 aromatic heterocycles. The quantitative estimate of drug-likeness (QED) is 0.752. The first-order chi connectivity index (χ1) is 10.2. The summed E-state index contributed by atoms with van der Waals surface area (Å²) in [5, 5.41) is 14.0. The Morgan fingerprint density at radius 2 is 1.81 bits per heavy atom. The Labute approximate surface area is 125 Å². The zero-order valence-electron chi connectivity index (χ0n) is 13.5. The predicted octanol–water partition coefficient (Wildman–Crippen LogP) is 0.867. The Bertz CT molecular complexity index is 455. The van der Waals surface area contributed by atoms with Gasteiger partial charge in [-0.05, 0) is 19.3 Å². The molecule has 124 valence electrons. The molecule has 0 bridgehead atoms. The Hall–Kier alpha value is -1.44. The summed E-state index contributed by atoms with van der Waals surface area (Å²) in [5.41, 5.74) is -0.773. The molecule has 2 unspecified atom stereocenters. The highest BCUT2D eigenvalue weighted by atomic mass is 16.5. The molecule has 0 spiro atoms. The predicted molar refractivity (Wildman–Crippen MR) is 82.4 cm³/mol. The molecule has 7 heteroatoms. The van der Waals surface area contributed by atoms with E-state index in [0.717, 1.165) is 33.5 Å². The molecule has 0 saturated carbocycles. The van der Waals surface area contributed by atoms with E-state index in [1.54, 1.807) is 0 Å². The number of aromatic amines is 1. The number of aliphatic hydroxyl groups excluding tert-OH is 2. The highest BCUT2D eigenvalue weighted by Crippen LogP contribution is 2.28. The largest absolute Gasteiger partial charge is 0.400 e. The fourth-order valence-corrected chi connectivity index (χ4v) is 1.85. The highest BCUT2D eigenvalue weighted by molar-refractivity contribution is 4.85. The molecule has 0 aliphatic carbocycles.